The lowest BCUT2D eigenvalue weighted by molar-refractivity contribution is 0.398. The van der Waals surface area contributed by atoms with Gasteiger partial charge in [0.15, 0.2) is 0 Å². The molecule has 0 fully saturated rings. The summed E-state index contributed by atoms with van der Waals surface area (Å²) in [6, 6.07) is 1.74. The van der Waals surface area contributed by atoms with Gasteiger partial charge in [-0.15, -0.1) is 12.4 Å². The van der Waals surface area contributed by atoms with Gasteiger partial charge >= 0.3 is 0 Å². The van der Waals surface area contributed by atoms with E-state index in [-0.39, 0.29) is 12.4 Å². The monoisotopic (exact) mass is 208 g/mol. The molecule has 0 aromatic carbocycles. The average Bonchev–Trinajstić information content (AvgIpc) is 2.04. The lowest BCUT2D eigenvalue weighted by Gasteiger charge is -2.01. The molecule has 0 atom stereocenters. The zero-order valence-electron chi connectivity index (χ0n) is 6.58. The molecule has 0 radical (unpaired) electrons. The molecule has 0 unspecified atom stereocenters. The van der Waals surface area contributed by atoms with Crippen LogP contribution in [-0.4, -0.2) is 12.1 Å². The maximum Gasteiger partial charge on any atom is 0.232 e. The van der Waals surface area contributed by atoms with Crippen LogP contribution < -0.4 is 10.5 Å². The highest BCUT2D eigenvalue weighted by Gasteiger charge is 2.01. The maximum absolute atomic E-state index is 5.77. The van der Waals surface area contributed by atoms with E-state index in [0.29, 0.717) is 17.4 Å². The van der Waals surface area contributed by atoms with Gasteiger partial charge in [0.1, 0.15) is 5.02 Å². The number of methoxy groups -OCH3 is 1. The fraction of sp³-hybridized carbons (Fsp3) is 0.286. The zero-order valence-corrected chi connectivity index (χ0v) is 8.15. The number of halogens is 2. The van der Waals surface area contributed by atoms with Gasteiger partial charge in [-0.25, -0.2) is 4.98 Å². The minimum absolute atomic E-state index is 0. The molecule has 1 heterocycles. The molecule has 1 rings (SSSR count). The minimum atomic E-state index is 0. The third kappa shape index (κ3) is 2.52. The average molecular weight is 209 g/mol. The van der Waals surface area contributed by atoms with Crippen LogP contribution in [0.25, 0.3) is 0 Å². The summed E-state index contributed by atoms with van der Waals surface area (Å²) in [6.45, 7) is 0.441. The minimum Gasteiger partial charge on any atom is -0.480 e. The molecule has 0 bridgehead atoms. The Labute approximate surface area is 82.3 Å². The van der Waals surface area contributed by atoms with Gasteiger partial charge in [-0.2, -0.15) is 0 Å². The highest BCUT2D eigenvalue weighted by molar-refractivity contribution is 6.31. The van der Waals surface area contributed by atoms with E-state index in [4.69, 9.17) is 22.1 Å². The fourth-order valence-electron chi connectivity index (χ4n) is 0.727. The topological polar surface area (TPSA) is 48.1 Å². The Bertz CT molecular complexity index is 255. The van der Waals surface area contributed by atoms with Crippen LogP contribution in [0.2, 0.25) is 5.02 Å². The fourth-order valence-corrected chi connectivity index (χ4v) is 0.993. The van der Waals surface area contributed by atoms with Crippen molar-refractivity contribution < 1.29 is 4.74 Å². The Morgan fingerprint density at radius 1 is 1.67 bits per heavy atom. The van der Waals surface area contributed by atoms with Gasteiger partial charge < -0.3 is 10.5 Å². The van der Waals surface area contributed by atoms with Crippen molar-refractivity contribution in [3.05, 3.63) is 22.8 Å². The highest BCUT2D eigenvalue weighted by atomic mass is 35.5. The van der Waals surface area contributed by atoms with Gasteiger partial charge in [-0.1, -0.05) is 11.6 Å². The standard InChI is InChI=1S/C7H9ClN2O.ClH/c1-11-7-6(8)2-5(3-9)4-10-7;/h2,4H,3,9H2,1H3;1H. The molecule has 0 saturated carbocycles. The number of pyridine rings is 1. The number of hydrogen-bond acceptors (Lipinski definition) is 3. The third-order valence-electron chi connectivity index (χ3n) is 1.29. The molecule has 2 N–H and O–H groups in total. The first-order valence-corrected chi connectivity index (χ1v) is 3.54. The van der Waals surface area contributed by atoms with E-state index in [1.54, 1.807) is 12.3 Å². The van der Waals surface area contributed by atoms with E-state index < -0.39 is 0 Å². The summed E-state index contributed by atoms with van der Waals surface area (Å²) in [7, 11) is 1.52. The smallest absolute Gasteiger partial charge is 0.232 e. The molecule has 1 aromatic rings. The maximum atomic E-state index is 5.77. The largest absolute Gasteiger partial charge is 0.480 e. The van der Waals surface area contributed by atoms with Gasteiger partial charge in [-0.3, -0.25) is 0 Å². The molecule has 0 amide bonds. The van der Waals surface area contributed by atoms with Gasteiger partial charge in [0.2, 0.25) is 5.88 Å². The number of rotatable bonds is 2. The van der Waals surface area contributed by atoms with Gasteiger partial charge in [0, 0.05) is 12.7 Å². The van der Waals surface area contributed by atoms with Crippen molar-refractivity contribution in [2.75, 3.05) is 7.11 Å². The molecule has 12 heavy (non-hydrogen) atoms. The van der Waals surface area contributed by atoms with E-state index >= 15 is 0 Å². The first-order chi connectivity index (χ1) is 5.27. The summed E-state index contributed by atoms with van der Waals surface area (Å²) in [5, 5.41) is 0.496. The lowest BCUT2D eigenvalue weighted by Crippen LogP contribution is -1.98. The number of hydrogen-bond donors (Lipinski definition) is 1. The molecule has 0 aliphatic rings. The van der Waals surface area contributed by atoms with E-state index in [2.05, 4.69) is 4.98 Å². The Balaban J connectivity index is 0.00000121. The van der Waals surface area contributed by atoms with Crippen molar-refractivity contribution in [1.82, 2.24) is 4.98 Å². The first-order valence-electron chi connectivity index (χ1n) is 3.16. The molecule has 0 spiro atoms. The van der Waals surface area contributed by atoms with E-state index in [0.717, 1.165) is 5.56 Å². The molecule has 0 aliphatic heterocycles. The predicted molar refractivity (Wildman–Crippen MR) is 50.9 cm³/mol. The van der Waals surface area contributed by atoms with Crippen molar-refractivity contribution in [2.24, 2.45) is 5.73 Å². The number of ether oxygens (including phenoxy) is 1. The van der Waals surface area contributed by atoms with Crippen LogP contribution in [0.3, 0.4) is 0 Å². The number of nitrogens with two attached hydrogens (primary N) is 1. The van der Waals surface area contributed by atoms with Crippen LogP contribution >= 0.6 is 24.0 Å². The summed E-state index contributed by atoms with van der Waals surface area (Å²) in [5.41, 5.74) is 6.27. The summed E-state index contributed by atoms with van der Waals surface area (Å²) in [4.78, 5) is 3.93. The van der Waals surface area contributed by atoms with Crippen molar-refractivity contribution in [3.8, 4) is 5.88 Å². The summed E-state index contributed by atoms with van der Waals surface area (Å²) >= 11 is 5.77. The number of aromatic nitrogens is 1. The normalized spacial score (nSPS) is 8.92. The van der Waals surface area contributed by atoms with Crippen molar-refractivity contribution in [3.63, 3.8) is 0 Å². The van der Waals surface area contributed by atoms with Crippen LogP contribution in [0.4, 0.5) is 0 Å². The molecule has 0 saturated heterocycles. The summed E-state index contributed by atoms with van der Waals surface area (Å²) < 4.78 is 4.86. The van der Waals surface area contributed by atoms with Crippen LogP contribution in [0.5, 0.6) is 5.88 Å². The van der Waals surface area contributed by atoms with E-state index in [1.165, 1.54) is 7.11 Å². The van der Waals surface area contributed by atoms with Crippen molar-refractivity contribution >= 4 is 24.0 Å². The van der Waals surface area contributed by atoms with Gasteiger partial charge in [0.05, 0.1) is 7.11 Å². The first kappa shape index (κ1) is 11.5. The molecule has 68 valence electrons. The van der Waals surface area contributed by atoms with Crippen LogP contribution in [0, 0.1) is 0 Å². The molecule has 0 aliphatic carbocycles. The quantitative estimate of drug-likeness (QED) is 0.805. The van der Waals surface area contributed by atoms with E-state index in [1.807, 2.05) is 0 Å². The molecule has 1 aromatic heterocycles. The van der Waals surface area contributed by atoms with Crippen LogP contribution in [0.1, 0.15) is 5.56 Å². The SMILES string of the molecule is COc1ncc(CN)cc1Cl.Cl. The van der Waals surface area contributed by atoms with Gasteiger partial charge in [0.25, 0.3) is 0 Å². The molecule has 3 nitrogen and oxygen atoms in total. The lowest BCUT2D eigenvalue weighted by atomic mass is 10.3. The third-order valence-corrected chi connectivity index (χ3v) is 1.56. The molecular formula is C7H10Cl2N2O. The zero-order chi connectivity index (χ0) is 8.27. The highest BCUT2D eigenvalue weighted by Crippen LogP contribution is 2.21. The van der Waals surface area contributed by atoms with Crippen LogP contribution in [0.15, 0.2) is 12.3 Å². The second kappa shape index (κ2) is 5.19. The molecular weight excluding hydrogens is 199 g/mol. The number of nitrogens with zero attached hydrogens (tertiary/aromatic N) is 1. The summed E-state index contributed by atoms with van der Waals surface area (Å²) in [5.74, 6) is 0.434. The Hall–Kier alpha value is -0.510. The second-order valence-corrected chi connectivity index (χ2v) is 2.45. The van der Waals surface area contributed by atoms with Crippen molar-refractivity contribution in [1.29, 1.82) is 0 Å². The second-order valence-electron chi connectivity index (χ2n) is 2.04. The van der Waals surface area contributed by atoms with Gasteiger partial charge in [-0.05, 0) is 11.6 Å². The Morgan fingerprint density at radius 3 is 2.75 bits per heavy atom. The Kier molecular flexibility index (Phi) is 4.97. The van der Waals surface area contributed by atoms with E-state index in [9.17, 15) is 0 Å². The summed E-state index contributed by atoms with van der Waals surface area (Å²) in [6.07, 6.45) is 1.64. The Morgan fingerprint density at radius 2 is 2.33 bits per heavy atom. The molecule has 5 heteroatoms. The van der Waals surface area contributed by atoms with Crippen LogP contribution in [-0.2, 0) is 6.54 Å². The van der Waals surface area contributed by atoms with Crippen molar-refractivity contribution in [2.45, 2.75) is 6.54 Å². The predicted octanol–water partition coefficient (Wildman–Crippen LogP) is 1.62.